The predicted octanol–water partition coefficient (Wildman–Crippen LogP) is 22.3. The lowest BCUT2D eigenvalue weighted by Crippen LogP contribution is -2.30. The monoisotopic (exact) mass is 1100 g/mol. The number of unbranched alkanes of at least 4 members (excludes halogenated alkanes) is 17. The summed E-state index contributed by atoms with van der Waals surface area (Å²) in [4.78, 5) is 38.2. The highest BCUT2D eigenvalue weighted by Crippen LogP contribution is 2.14. The number of carbonyl (C=O) groups excluding carboxylic acids is 3. The van der Waals surface area contributed by atoms with Gasteiger partial charge in [0.15, 0.2) is 6.10 Å². The van der Waals surface area contributed by atoms with E-state index >= 15 is 0 Å². The van der Waals surface area contributed by atoms with E-state index in [9.17, 15) is 14.4 Å². The summed E-state index contributed by atoms with van der Waals surface area (Å²) in [7, 11) is 0. The second kappa shape index (κ2) is 66.3. The third kappa shape index (κ3) is 63.6. The molecular formula is C74H116O6. The van der Waals surface area contributed by atoms with Gasteiger partial charge >= 0.3 is 17.9 Å². The Labute approximate surface area is 492 Å². The summed E-state index contributed by atoms with van der Waals surface area (Å²) in [5.41, 5.74) is 0. The molecule has 0 aromatic heterocycles. The summed E-state index contributed by atoms with van der Waals surface area (Å²) in [6, 6.07) is 0. The first-order chi connectivity index (χ1) is 39.5. The summed E-state index contributed by atoms with van der Waals surface area (Å²) in [6.45, 7) is 6.30. The second-order valence-corrected chi connectivity index (χ2v) is 20.5. The van der Waals surface area contributed by atoms with Crippen molar-refractivity contribution in [1.82, 2.24) is 0 Å². The van der Waals surface area contributed by atoms with Crippen LogP contribution < -0.4 is 0 Å². The van der Waals surface area contributed by atoms with E-state index in [1.807, 2.05) is 0 Å². The molecule has 1 atom stereocenters. The number of ether oxygens (including phenoxy) is 3. The zero-order valence-corrected chi connectivity index (χ0v) is 51.3. The van der Waals surface area contributed by atoms with Gasteiger partial charge in [0.25, 0.3) is 0 Å². The molecule has 0 spiro atoms. The largest absolute Gasteiger partial charge is 0.462 e. The average Bonchev–Trinajstić information content (AvgIpc) is 3.46. The maximum atomic E-state index is 12.9. The van der Waals surface area contributed by atoms with E-state index < -0.39 is 6.10 Å². The van der Waals surface area contributed by atoms with Crippen molar-refractivity contribution in [1.29, 1.82) is 0 Å². The SMILES string of the molecule is CC/C=C\C/C=C\C/C=C\C/C=C\C/C=C\C/C=C\C/C=C\C/C=C\C/C=C\CCCCCCCC(=O)OCC(COC(=O)CCCCCCC/C=C\CCC)OC(=O)CCCCCCCC/C=C\C/C=C\C/C=C\C/C=C\CC. The molecule has 1 unspecified atom stereocenters. The van der Waals surface area contributed by atoms with Crippen molar-refractivity contribution in [3.63, 3.8) is 0 Å². The summed E-state index contributed by atoms with van der Waals surface area (Å²) in [6.07, 6.45) is 97.9. The van der Waals surface area contributed by atoms with Crippen LogP contribution >= 0.6 is 0 Å². The maximum Gasteiger partial charge on any atom is 0.306 e. The number of rotatable bonds is 56. The smallest absolute Gasteiger partial charge is 0.306 e. The fourth-order valence-corrected chi connectivity index (χ4v) is 8.19. The first kappa shape index (κ1) is 74.8. The molecule has 0 bridgehead atoms. The minimum absolute atomic E-state index is 0.102. The Hall–Kier alpha value is -5.23. The molecule has 0 aliphatic heterocycles. The lowest BCUT2D eigenvalue weighted by Gasteiger charge is -2.18. The van der Waals surface area contributed by atoms with Crippen LogP contribution in [0.2, 0.25) is 0 Å². The van der Waals surface area contributed by atoms with Gasteiger partial charge in [0.2, 0.25) is 0 Å². The Morgan fingerprint density at radius 3 is 0.775 bits per heavy atom. The van der Waals surface area contributed by atoms with Crippen molar-refractivity contribution in [2.24, 2.45) is 0 Å². The topological polar surface area (TPSA) is 78.9 Å². The Kier molecular flexibility index (Phi) is 61.9. The van der Waals surface area contributed by atoms with Crippen LogP contribution in [0.3, 0.4) is 0 Å². The zero-order valence-electron chi connectivity index (χ0n) is 51.3. The molecule has 80 heavy (non-hydrogen) atoms. The second-order valence-electron chi connectivity index (χ2n) is 20.5. The molecule has 0 saturated heterocycles. The van der Waals surface area contributed by atoms with Gasteiger partial charge in [-0.25, -0.2) is 0 Å². The third-order valence-electron chi connectivity index (χ3n) is 12.9. The van der Waals surface area contributed by atoms with E-state index in [1.54, 1.807) is 0 Å². The molecule has 6 nitrogen and oxygen atoms in total. The van der Waals surface area contributed by atoms with E-state index in [0.29, 0.717) is 19.3 Å². The molecular weight excluding hydrogens is 985 g/mol. The van der Waals surface area contributed by atoms with Gasteiger partial charge in [0.1, 0.15) is 13.2 Å². The number of carbonyl (C=O) groups is 3. The molecule has 6 heteroatoms. The van der Waals surface area contributed by atoms with Crippen molar-refractivity contribution in [3.05, 3.63) is 170 Å². The molecule has 0 amide bonds. The molecule has 0 aromatic carbocycles. The molecule has 0 N–H and O–H groups in total. The maximum absolute atomic E-state index is 12.9. The molecule has 0 saturated carbocycles. The molecule has 0 heterocycles. The van der Waals surface area contributed by atoms with Gasteiger partial charge in [0.05, 0.1) is 0 Å². The van der Waals surface area contributed by atoms with Gasteiger partial charge in [0, 0.05) is 19.3 Å². The van der Waals surface area contributed by atoms with Gasteiger partial charge in [-0.15, -0.1) is 0 Å². The van der Waals surface area contributed by atoms with Gasteiger partial charge in [-0.3, -0.25) is 14.4 Å². The molecule has 0 radical (unpaired) electrons. The molecule has 0 aliphatic carbocycles. The zero-order chi connectivity index (χ0) is 57.8. The van der Waals surface area contributed by atoms with E-state index in [2.05, 4.69) is 191 Å². The predicted molar refractivity (Wildman–Crippen MR) is 348 cm³/mol. The van der Waals surface area contributed by atoms with Crippen LogP contribution in [0.1, 0.15) is 258 Å². The quantitative estimate of drug-likeness (QED) is 0.0261. The Morgan fingerprint density at radius 1 is 0.263 bits per heavy atom. The van der Waals surface area contributed by atoms with Crippen molar-refractivity contribution < 1.29 is 28.6 Å². The Bertz CT molecular complexity index is 1840. The molecule has 0 rings (SSSR count). The Morgan fingerprint density at radius 2 is 0.487 bits per heavy atom. The van der Waals surface area contributed by atoms with Gasteiger partial charge < -0.3 is 14.2 Å². The van der Waals surface area contributed by atoms with Gasteiger partial charge in [-0.05, 0) is 148 Å². The lowest BCUT2D eigenvalue weighted by atomic mass is 10.1. The highest BCUT2D eigenvalue weighted by atomic mass is 16.6. The summed E-state index contributed by atoms with van der Waals surface area (Å²) >= 11 is 0. The summed E-state index contributed by atoms with van der Waals surface area (Å²) in [5.74, 6) is -0.952. The van der Waals surface area contributed by atoms with Crippen molar-refractivity contribution in [2.45, 2.75) is 264 Å². The Balaban J connectivity index is 4.33. The van der Waals surface area contributed by atoms with Crippen molar-refractivity contribution >= 4 is 17.9 Å². The highest BCUT2D eigenvalue weighted by molar-refractivity contribution is 5.71. The fourth-order valence-electron chi connectivity index (χ4n) is 8.19. The average molecular weight is 1100 g/mol. The van der Waals surface area contributed by atoms with Crippen LogP contribution in [0.5, 0.6) is 0 Å². The first-order valence-corrected chi connectivity index (χ1v) is 32.1. The lowest BCUT2D eigenvalue weighted by molar-refractivity contribution is -0.167. The van der Waals surface area contributed by atoms with Gasteiger partial charge in [-0.1, -0.05) is 262 Å². The van der Waals surface area contributed by atoms with Crippen LogP contribution in [0.15, 0.2) is 170 Å². The van der Waals surface area contributed by atoms with E-state index in [-0.39, 0.29) is 31.1 Å². The molecule has 0 fully saturated rings. The van der Waals surface area contributed by atoms with E-state index in [1.165, 1.54) is 25.7 Å². The van der Waals surface area contributed by atoms with Crippen LogP contribution in [0.25, 0.3) is 0 Å². The summed E-state index contributed by atoms with van der Waals surface area (Å²) < 4.78 is 16.8. The molecule has 0 aromatic rings. The minimum atomic E-state index is -0.806. The van der Waals surface area contributed by atoms with Crippen molar-refractivity contribution in [3.8, 4) is 0 Å². The van der Waals surface area contributed by atoms with Crippen LogP contribution in [-0.2, 0) is 28.6 Å². The summed E-state index contributed by atoms with van der Waals surface area (Å²) in [5, 5.41) is 0. The third-order valence-corrected chi connectivity index (χ3v) is 12.9. The molecule has 448 valence electrons. The van der Waals surface area contributed by atoms with Crippen LogP contribution in [0.4, 0.5) is 0 Å². The van der Waals surface area contributed by atoms with Crippen molar-refractivity contribution in [2.75, 3.05) is 13.2 Å². The molecule has 0 aliphatic rings. The standard InChI is InChI=1S/C74H116O6/c1-4-7-10-13-16-19-22-24-26-28-30-31-32-33-34-35-36-37-38-39-40-41-42-43-45-46-48-50-52-55-58-61-64-67-73(76)79-70-71(69-78-72(75)66-63-60-57-54-21-18-15-12-9-6-3)80-74(77)68-65-62-59-56-53-51-49-47-44-29-27-25-23-20-17-14-11-8-5-2/h7-8,10-12,15-17,19-20,24-27,30-31,33-34,36-37,39-40,42-44,46-48,71H,4-6,9,13-14,18,21-23,28-29,32,35,38,41,45,49-70H2,1-3H3/b10-7-,11-8-,15-12-,19-16-,20-17-,26-24-,27-25-,31-30-,34-33-,37-36-,40-39-,43-42-,47-44-,48-46-. The number of allylic oxidation sites excluding steroid dienone is 28. The first-order valence-electron chi connectivity index (χ1n) is 32.1. The van der Waals surface area contributed by atoms with Crippen LogP contribution in [-0.4, -0.2) is 37.2 Å². The van der Waals surface area contributed by atoms with E-state index in [0.717, 1.165) is 193 Å². The number of esters is 3. The van der Waals surface area contributed by atoms with Crippen LogP contribution in [0, 0.1) is 0 Å². The number of hydrogen-bond acceptors (Lipinski definition) is 6. The normalized spacial score (nSPS) is 13.3. The van der Waals surface area contributed by atoms with Gasteiger partial charge in [-0.2, -0.15) is 0 Å². The minimum Gasteiger partial charge on any atom is -0.462 e. The van der Waals surface area contributed by atoms with E-state index in [4.69, 9.17) is 14.2 Å². The fraction of sp³-hybridized carbons (Fsp3) is 0.581. The number of hydrogen-bond donors (Lipinski definition) is 0. The highest BCUT2D eigenvalue weighted by Gasteiger charge is 2.19.